The number of benzene rings is 1. The molecular formula is C28H41F3N4O6U. The molecule has 0 fully saturated rings. The van der Waals surface area contributed by atoms with Crippen LogP contribution in [0.1, 0.15) is 70.4 Å². The van der Waals surface area contributed by atoms with Crippen molar-refractivity contribution in [3.05, 3.63) is 36.2 Å². The van der Waals surface area contributed by atoms with Gasteiger partial charge in [-0.05, 0) is 43.4 Å². The minimum Gasteiger partial charge on any atom is -0.545 e. The molecule has 0 bridgehead atoms. The van der Waals surface area contributed by atoms with Crippen molar-refractivity contribution >= 4 is 18.7 Å². The third kappa shape index (κ3) is 15.1. The van der Waals surface area contributed by atoms with E-state index < -0.39 is 24.0 Å². The number of rotatable bonds is 15. The fraction of sp³-hybridized carbons (Fsp3) is 0.536. The number of carbonyl (C=O) groups is 1. The number of unbranched alkanes of at least 4 members (excludes halogenated alkanes) is 2. The average Bonchev–Trinajstić information content (AvgIpc) is 2.93. The molecule has 234 valence electrons. The number of anilines is 1. The van der Waals surface area contributed by atoms with Gasteiger partial charge in [-0.2, -0.15) is 6.92 Å². The van der Waals surface area contributed by atoms with E-state index in [4.69, 9.17) is 20.0 Å². The number of nitrogens with one attached hydrogen (secondary N) is 1. The van der Waals surface area contributed by atoms with Crippen LogP contribution in [0.15, 0.2) is 18.2 Å². The quantitative estimate of drug-likeness (QED) is 0.108. The van der Waals surface area contributed by atoms with Crippen LogP contribution in [0.5, 0.6) is 11.5 Å². The second-order valence-electron chi connectivity index (χ2n) is 8.53. The van der Waals surface area contributed by atoms with E-state index in [0.717, 1.165) is 44.2 Å². The molecule has 0 radical (unpaired) electrons. The molecule has 42 heavy (non-hydrogen) atoms. The fourth-order valence-corrected chi connectivity index (χ4v) is 3.92. The molecule has 0 aliphatic rings. The Morgan fingerprint density at radius 3 is 2.33 bits per heavy atom. The van der Waals surface area contributed by atoms with Crippen molar-refractivity contribution < 1.29 is 73.2 Å². The van der Waals surface area contributed by atoms with Gasteiger partial charge in [0.25, 0.3) is 0 Å². The van der Waals surface area contributed by atoms with Crippen molar-refractivity contribution in [2.75, 3.05) is 19.0 Å². The summed E-state index contributed by atoms with van der Waals surface area (Å²) >= 11 is 0. The van der Waals surface area contributed by atoms with Crippen molar-refractivity contribution in [1.82, 2.24) is 10.2 Å². The molecule has 2 rings (SSSR count). The number of hydrogen-bond acceptors (Lipinski definition) is 9. The van der Waals surface area contributed by atoms with E-state index in [0.29, 0.717) is 36.4 Å². The molecule has 1 aromatic heterocycles. The second-order valence-corrected chi connectivity index (χ2v) is 8.53. The molecule has 4 N–H and O–H groups in total. The number of nitrogens with zero attached hydrogens (tertiary/aromatic N) is 2. The van der Waals surface area contributed by atoms with Gasteiger partial charge in [0.05, 0.1) is 0 Å². The van der Waals surface area contributed by atoms with Gasteiger partial charge in [-0.25, -0.2) is 4.79 Å². The van der Waals surface area contributed by atoms with Gasteiger partial charge in [0, 0.05) is 37.0 Å². The topological polar surface area (TPSA) is 146 Å². The number of aromatic nitrogens is 2. The first kappa shape index (κ1) is 41.6. The van der Waals surface area contributed by atoms with Crippen LogP contribution in [0.3, 0.4) is 0 Å². The van der Waals surface area contributed by atoms with Gasteiger partial charge in [0.1, 0.15) is 23.8 Å². The Kier molecular flexibility index (Phi) is 22.7. The van der Waals surface area contributed by atoms with Crippen molar-refractivity contribution in [1.29, 1.82) is 0 Å². The van der Waals surface area contributed by atoms with E-state index >= 15 is 0 Å². The van der Waals surface area contributed by atoms with Gasteiger partial charge in [-0.15, -0.1) is 23.4 Å². The molecule has 0 saturated carbocycles. The SMILES string of the molecule is CCCCCC(CC)Nc1nnc(-c2ccc(OC(F)(F)F)cc2O)c(CCCOC)c1COC(N)=O.[CH-]=O.[CH2-]C.[U+2]. The number of methoxy groups -OCH3 is 1. The third-order valence-electron chi connectivity index (χ3n) is 5.77. The van der Waals surface area contributed by atoms with Crippen LogP contribution in [-0.2, 0) is 27.3 Å². The molecule has 0 spiro atoms. The number of halogens is 3. The molecule has 0 aliphatic carbocycles. The summed E-state index contributed by atoms with van der Waals surface area (Å²) in [5, 5.41) is 22.6. The number of aromatic hydroxyl groups is 1. The number of amides is 1. The monoisotopic (exact) mass is 824 g/mol. The molecule has 14 heteroatoms. The number of ether oxygens (including phenoxy) is 3. The zero-order valence-corrected chi connectivity index (χ0v) is 28.7. The van der Waals surface area contributed by atoms with Gasteiger partial charge >= 0.3 is 43.6 Å². The summed E-state index contributed by atoms with van der Waals surface area (Å²) in [6, 6.07) is 3.30. The number of nitrogens with two attached hydrogens (primary N) is 1. The normalized spacial score (nSPS) is 11.0. The Morgan fingerprint density at radius 1 is 1.14 bits per heavy atom. The van der Waals surface area contributed by atoms with Gasteiger partial charge in [-0.3, -0.25) is 6.79 Å². The molecule has 0 aliphatic heterocycles. The Balaban J connectivity index is 0. The minimum atomic E-state index is -4.90. The molecule has 1 atom stereocenters. The van der Waals surface area contributed by atoms with Crippen molar-refractivity contribution in [3.8, 4) is 22.8 Å². The standard InChI is InChI=1S/C25H35F3N4O5.C2H5.CHO.U/c1-4-6-7-9-16(5-2)30-23-20(15-36-24(29)34)18(10-8-13-35-3)22(31-32-23)19-12-11-17(14-21(19)33)37-25(26,27)28;2*1-2;/h11-12,14,16,33H,4-10,13,15H2,1-3H3,(H2,29,34)(H,30,32);1H2,2H3;1H;/q;2*-1;+2. The summed E-state index contributed by atoms with van der Waals surface area (Å²) in [4.78, 5) is 19.2. The number of primary amides is 1. The van der Waals surface area contributed by atoms with Crippen LogP contribution < -0.4 is 15.8 Å². The summed E-state index contributed by atoms with van der Waals surface area (Å²) < 4.78 is 52.0. The van der Waals surface area contributed by atoms with E-state index in [1.165, 1.54) is 6.07 Å². The Morgan fingerprint density at radius 2 is 1.81 bits per heavy atom. The van der Waals surface area contributed by atoms with Gasteiger partial charge in [0.15, 0.2) is 5.82 Å². The minimum absolute atomic E-state index is 0. The van der Waals surface area contributed by atoms with Crippen molar-refractivity contribution in [2.24, 2.45) is 5.73 Å². The number of alkyl halides is 3. The van der Waals surface area contributed by atoms with E-state index in [2.05, 4.69) is 40.9 Å². The van der Waals surface area contributed by atoms with Crippen LogP contribution in [0.25, 0.3) is 11.3 Å². The van der Waals surface area contributed by atoms with Gasteiger partial charge < -0.3 is 42.1 Å². The Labute approximate surface area is 269 Å². The molecule has 2 aromatic rings. The maximum absolute atomic E-state index is 12.6. The molecule has 0 saturated heterocycles. The first-order valence-electron chi connectivity index (χ1n) is 13.2. The number of carbonyl (C=O) groups excluding carboxylic acids is 2. The fourth-order valence-electron chi connectivity index (χ4n) is 3.92. The van der Waals surface area contributed by atoms with Crippen LogP contribution in [0.2, 0.25) is 0 Å². The second kappa shape index (κ2) is 23.0. The molecule has 1 amide bonds. The van der Waals surface area contributed by atoms with Crippen molar-refractivity contribution in [2.45, 2.75) is 84.7 Å². The van der Waals surface area contributed by atoms with E-state index in [9.17, 15) is 23.1 Å². The molecule has 1 aromatic carbocycles. The van der Waals surface area contributed by atoms with Crippen LogP contribution in [-0.4, -0.2) is 54.3 Å². The van der Waals surface area contributed by atoms with E-state index in [1.807, 2.05) is 6.92 Å². The zero-order valence-electron chi connectivity index (χ0n) is 24.6. The zero-order chi connectivity index (χ0) is 31.4. The number of hydrogen-bond donors (Lipinski definition) is 3. The summed E-state index contributed by atoms with van der Waals surface area (Å²) in [6.07, 6.45) is 0.0191. The van der Waals surface area contributed by atoms with Crippen LogP contribution in [0.4, 0.5) is 23.8 Å². The summed E-state index contributed by atoms with van der Waals surface area (Å²) in [7, 11) is 1.56. The van der Waals surface area contributed by atoms with Crippen LogP contribution in [0, 0.1) is 38.0 Å². The summed E-state index contributed by atoms with van der Waals surface area (Å²) in [6.45, 7) is 12.6. The predicted molar refractivity (Wildman–Crippen MR) is 150 cm³/mol. The first-order chi connectivity index (χ1) is 19.6. The largest absolute Gasteiger partial charge is 2.00 e. The van der Waals surface area contributed by atoms with E-state index in [1.54, 1.807) is 14.0 Å². The molecular weight excluding hydrogens is 783 g/mol. The van der Waals surface area contributed by atoms with Crippen molar-refractivity contribution in [3.63, 3.8) is 0 Å². The maximum atomic E-state index is 12.6. The third-order valence-corrected chi connectivity index (χ3v) is 5.77. The predicted octanol–water partition coefficient (Wildman–Crippen LogP) is 6.26. The molecule has 10 nitrogen and oxygen atoms in total. The molecule has 1 heterocycles. The van der Waals surface area contributed by atoms with Crippen LogP contribution >= 0.6 is 0 Å². The average molecular weight is 825 g/mol. The van der Waals surface area contributed by atoms with E-state index in [-0.39, 0.29) is 55.0 Å². The first-order valence-corrected chi connectivity index (χ1v) is 13.2. The summed E-state index contributed by atoms with van der Waals surface area (Å²) in [5.74, 6) is -0.633. The van der Waals surface area contributed by atoms with Gasteiger partial charge in [0.2, 0.25) is 0 Å². The Hall–Kier alpha value is -2.56. The Bertz CT molecular complexity index is 1050. The number of phenolic OH excluding ortho intramolecular Hbond substituents is 1. The smallest absolute Gasteiger partial charge is 0.545 e. The van der Waals surface area contributed by atoms with Gasteiger partial charge in [-0.1, -0.05) is 33.1 Å². The maximum Gasteiger partial charge on any atom is 2.00 e. The molecule has 1 unspecified atom stereocenters. The summed E-state index contributed by atoms with van der Waals surface area (Å²) in [5.41, 5.74) is 6.73. The number of phenols is 1.